The zero-order chi connectivity index (χ0) is 9.10. The molecule has 0 saturated carbocycles. The number of nitrogens with two attached hydrogens (primary N) is 1. The molecular formula is C10H11ClN2O. The second kappa shape index (κ2) is 4.79. The van der Waals surface area contributed by atoms with Gasteiger partial charge in [-0.15, -0.1) is 12.4 Å². The topological polar surface area (TPSA) is 52.0 Å². The number of aromatic nitrogens is 1. The van der Waals surface area contributed by atoms with Gasteiger partial charge >= 0.3 is 0 Å². The molecule has 0 spiro atoms. The highest BCUT2D eigenvalue weighted by Gasteiger charge is 2.00. The van der Waals surface area contributed by atoms with E-state index in [9.17, 15) is 0 Å². The third-order valence-corrected chi connectivity index (χ3v) is 1.88. The average molecular weight is 211 g/mol. The van der Waals surface area contributed by atoms with Gasteiger partial charge < -0.3 is 10.2 Å². The maximum Gasteiger partial charge on any atom is 0.181 e. The molecule has 2 N–H and O–H groups in total. The molecule has 0 atom stereocenters. The summed E-state index contributed by atoms with van der Waals surface area (Å²) in [6, 6.07) is 7.92. The summed E-state index contributed by atoms with van der Waals surface area (Å²) in [4.78, 5) is 3.86. The van der Waals surface area contributed by atoms with E-state index < -0.39 is 0 Å². The van der Waals surface area contributed by atoms with Crippen LogP contribution in [0.5, 0.6) is 0 Å². The first-order valence-electron chi connectivity index (χ1n) is 4.08. The first-order chi connectivity index (χ1) is 6.40. The summed E-state index contributed by atoms with van der Waals surface area (Å²) in [5.74, 6) is 0.773. The molecule has 4 heteroatoms. The molecule has 14 heavy (non-hydrogen) atoms. The molecule has 0 amide bonds. The predicted octanol–water partition coefficient (Wildman–Crippen LogP) is 2.22. The van der Waals surface area contributed by atoms with Crippen molar-refractivity contribution in [1.82, 2.24) is 4.98 Å². The maximum atomic E-state index is 5.53. The Balaban J connectivity index is 0.000000980. The van der Waals surface area contributed by atoms with Gasteiger partial charge in [0, 0.05) is 12.1 Å². The number of nitrogens with zero attached hydrogens (tertiary/aromatic N) is 1. The standard InChI is InChI=1S/C10H10N2O.ClH/c11-5-8-2-1-3-9(4-8)10-6-12-7-13-10;/h1-4,6-7H,5,11H2;1H. The van der Waals surface area contributed by atoms with Crippen LogP contribution in [0, 0.1) is 0 Å². The highest BCUT2D eigenvalue weighted by molar-refractivity contribution is 5.85. The monoisotopic (exact) mass is 210 g/mol. The van der Waals surface area contributed by atoms with Crippen molar-refractivity contribution in [3.05, 3.63) is 42.4 Å². The molecule has 1 heterocycles. The van der Waals surface area contributed by atoms with Gasteiger partial charge in [-0.3, -0.25) is 0 Å². The van der Waals surface area contributed by atoms with Crippen molar-refractivity contribution in [3.8, 4) is 11.3 Å². The van der Waals surface area contributed by atoms with E-state index in [1.807, 2.05) is 24.3 Å². The smallest absolute Gasteiger partial charge is 0.181 e. The van der Waals surface area contributed by atoms with Crippen LogP contribution in [0.3, 0.4) is 0 Å². The Bertz CT molecular complexity index is 387. The molecule has 0 bridgehead atoms. The van der Waals surface area contributed by atoms with Crippen molar-refractivity contribution in [2.24, 2.45) is 5.73 Å². The van der Waals surface area contributed by atoms with Gasteiger partial charge in [0.25, 0.3) is 0 Å². The Hall–Kier alpha value is -1.32. The van der Waals surface area contributed by atoms with Gasteiger partial charge in [-0.1, -0.05) is 18.2 Å². The van der Waals surface area contributed by atoms with E-state index in [2.05, 4.69) is 4.98 Å². The molecule has 2 aromatic rings. The Labute approximate surface area is 88.4 Å². The first kappa shape index (κ1) is 10.8. The van der Waals surface area contributed by atoms with Crippen molar-refractivity contribution >= 4 is 12.4 Å². The second-order valence-electron chi connectivity index (χ2n) is 2.77. The molecule has 0 aliphatic rings. The Kier molecular flexibility index (Phi) is 3.68. The lowest BCUT2D eigenvalue weighted by molar-refractivity contribution is 0.572. The van der Waals surface area contributed by atoms with Crippen LogP contribution in [-0.2, 0) is 6.54 Å². The fourth-order valence-electron chi connectivity index (χ4n) is 1.21. The minimum Gasteiger partial charge on any atom is -0.444 e. The van der Waals surface area contributed by atoms with Gasteiger partial charge in [0.05, 0.1) is 6.20 Å². The van der Waals surface area contributed by atoms with Crippen molar-refractivity contribution < 1.29 is 4.42 Å². The number of hydrogen-bond donors (Lipinski definition) is 1. The van der Waals surface area contributed by atoms with E-state index in [1.165, 1.54) is 6.39 Å². The summed E-state index contributed by atoms with van der Waals surface area (Å²) in [5, 5.41) is 0. The molecule has 3 nitrogen and oxygen atoms in total. The lowest BCUT2D eigenvalue weighted by atomic mass is 10.1. The Morgan fingerprint density at radius 3 is 2.86 bits per heavy atom. The number of benzene rings is 1. The van der Waals surface area contributed by atoms with Gasteiger partial charge in [-0.05, 0) is 11.6 Å². The van der Waals surface area contributed by atoms with Gasteiger partial charge in [0.1, 0.15) is 0 Å². The van der Waals surface area contributed by atoms with Crippen LogP contribution in [0.25, 0.3) is 11.3 Å². The highest BCUT2D eigenvalue weighted by Crippen LogP contribution is 2.19. The first-order valence-corrected chi connectivity index (χ1v) is 4.08. The normalized spacial score (nSPS) is 9.50. The SMILES string of the molecule is Cl.NCc1cccc(-c2cnco2)c1. The number of hydrogen-bond acceptors (Lipinski definition) is 3. The van der Waals surface area contributed by atoms with Gasteiger partial charge in [0.15, 0.2) is 12.2 Å². The predicted molar refractivity (Wildman–Crippen MR) is 57.1 cm³/mol. The van der Waals surface area contributed by atoms with Gasteiger partial charge in [-0.25, -0.2) is 4.98 Å². The summed E-state index contributed by atoms with van der Waals surface area (Å²) >= 11 is 0. The maximum absolute atomic E-state index is 5.53. The van der Waals surface area contributed by atoms with Crippen LogP contribution in [0.4, 0.5) is 0 Å². The van der Waals surface area contributed by atoms with Gasteiger partial charge in [0.2, 0.25) is 0 Å². The summed E-state index contributed by atoms with van der Waals surface area (Å²) in [6.45, 7) is 0.544. The third-order valence-electron chi connectivity index (χ3n) is 1.88. The molecule has 74 valence electrons. The van der Waals surface area contributed by atoms with Crippen molar-refractivity contribution in [2.75, 3.05) is 0 Å². The zero-order valence-electron chi connectivity index (χ0n) is 7.51. The van der Waals surface area contributed by atoms with Gasteiger partial charge in [-0.2, -0.15) is 0 Å². The highest BCUT2D eigenvalue weighted by atomic mass is 35.5. The van der Waals surface area contributed by atoms with Crippen LogP contribution < -0.4 is 5.73 Å². The molecule has 0 aliphatic heterocycles. The molecule has 0 fully saturated rings. The van der Waals surface area contributed by atoms with Crippen LogP contribution in [0.2, 0.25) is 0 Å². The second-order valence-corrected chi connectivity index (χ2v) is 2.77. The van der Waals surface area contributed by atoms with Crippen LogP contribution in [0.1, 0.15) is 5.56 Å². The van der Waals surface area contributed by atoms with Crippen LogP contribution in [0.15, 0.2) is 41.3 Å². The fourth-order valence-corrected chi connectivity index (χ4v) is 1.21. The summed E-state index contributed by atoms with van der Waals surface area (Å²) < 4.78 is 5.17. The molecule has 0 aliphatic carbocycles. The van der Waals surface area contributed by atoms with Crippen molar-refractivity contribution in [2.45, 2.75) is 6.54 Å². The molecule has 2 rings (SSSR count). The molecule has 0 saturated heterocycles. The van der Waals surface area contributed by atoms with E-state index >= 15 is 0 Å². The van der Waals surface area contributed by atoms with Crippen molar-refractivity contribution in [1.29, 1.82) is 0 Å². The Morgan fingerprint density at radius 2 is 2.21 bits per heavy atom. The zero-order valence-corrected chi connectivity index (χ0v) is 8.33. The molecule has 0 radical (unpaired) electrons. The molecule has 1 aromatic carbocycles. The minimum absolute atomic E-state index is 0. The Morgan fingerprint density at radius 1 is 1.36 bits per heavy atom. The van der Waals surface area contributed by atoms with Crippen molar-refractivity contribution in [3.63, 3.8) is 0 Å². The summed E-state index contributed by atoms with van der Waals surface area (Å²) in [6.07, 6.45) is 3.11. The minimum atomic E-state index is 0. The quantitative estimate of drug-likeness (QED) is 0.827. The van der Waals surface area contributed by atoms with E-state index in [1.54, 1.807) is 6.20 Å². The third kappa shape index (κ3) is 2.13. The number of rotatable bonds is 2. The average Bonchev–Trinajstić information content (AvgIpc) is 2.71. The van der Waals surface area contributed by atoms with Crippen LogP contribution in [-0.4, -0.2) is 4.98 Å². The number of halogens is 1. The molecular weight excluding hydrogens is 200 g/mol. The summed E-state index contributed by atoms with van der Waals surface area (Å²) in [7, 11) is 0. The van der Waals surface area contributed by atoms with Crippen LogP contribution >= 0.6 is 12.4 Å². The summed E-state index contributed by atoms with van der Waals surface area (Å²) in [5.41, 5.74) is 7.63. The largest absolute Gasteiger partial charge is 0.444 e. The van der Waals surface area contributed by atoms with E-state index in [0.29, 0.717) is 6.54 Å². The lowest BCUT2D eigenvalue weighted by Crippen LogP contribution is -1.95. The molecule has 1 aromatic heterocycles. The lowest BCUT2D eigenvalue weighted by Gasteiger charge is -1.98. The fraction of sp³-hybridized carbons (Fsp3) is 0.100. The van der Waals surface area contributed by atoms with E-state index in [0.717, 1.165) is 16.9 Å². The van der Waals surface area contributed by atoms with E-state index in [4.69, 9.17) is 10.2 Å². The molecule has 0 unspecified atom stereocenters. The number of oxazole rings is 1. The van der Waals surface area contributed by atoms with E-state index in [-0.39, 0.29) is 12.4 Å².